The number of ether oxygens (including phenoxy) is 3. The second-order valence-electron chi connectivity index (χ2n) is 6.82. The fourth-order valence-electron chi connectivity index (χ4n) is 4.05. The van der Waals surface area contributed by atoms with E-state index < -0.39 is 11.8 Å². The SMILES string of the molecule is CCOC(=O)C1C(C)=NC2=C(C(=O)CCC2)[C@H]1c1cc2c(cc1Br)OCO2. The Balaban J connectivity index is 1.89. The number of fused-ring (bicyclic) bond motifs is 1. The first kappa shape index (κ1) is 18.2. The van der Waals surface area contributed by atoms with Gasteiger partial charge in [-0.1, -0.05) is 15.9 Å². The van der Waals surface area contributed by atoms with Gasteiger partial charge in [-0.2, -0.15) is 0 Å². The number of halogens is 1. The molecular weight excluding hydrogens is 414 g/mol. The highest BCUT2D eigenvalue weighted by molar-refractivity contribution is 9.10. The van der Waals surface area contributed by atoms with Crippen LogP contribution in [0, 0.1) is 5.92 Å². The first-order chi connectivity index (χ1) is 13.0. The molecule has 1 unspecified atom stereocenters. The predicted molar refractivity (Wildman–Crippen MR) is 102 cm³/mol. The van der Waals surface area contributed by atoms with Crippen molar-refractivity contribution in [3.8, 4) is 11.5 Å². The minimum Gasteiger partial charge on any atom is -0.465 e. The molecule has 2 aliphatic heterocycles. The summed E-state index contributed by atoms with van der Waals surface area (Å²) in [6.45, 7) is 4.04. The Bertz CT molecular complexity index is 889. The Hall–Kier alpha value is -2.15. The van der Waals surface area contributed by atoms with Crippen LogP contribution in [0.25, 0.3) is 0 Å². The molecule has 0 bridgehead atoms. The Kier molecular flexibility index (Phi) is 4.80. The molecule has 7 heteroatoms. The Morgan fingerprint density at radius 3 is 2.78 bits per heavy atom. The minimum absolute atomic E-state index is 0.0522. The molecule has 2 atom stereocenters. The topological polar surface area (TPSA) is 74.2 Å². The summed E-state index contributed by atoms with van der Waals surface area (Å²) in [4.78, 5) is 30.3. The lowest BCUT2D eigenvalue weighted by atomic mass is 9.71. The minimum atomic E-state index is -0.637. The lowest BCUT2D eigenvalue weighted by molar-refractivity contribution is -0.146. The molecule has 1 aromatic rings. The summed E-state index contributed by atoms with van der Waals surface area (Å²) in [6.07, 6.45) is 2.00. The molecule has 0 fully saturated rings. The van der Waals surface area contributed by atoms with Crippen LogP contribution >= 0.6 is 15.9 Å². The molecule has 0 saturated carbocycles. The quantitative estimate of drug-likeness (QED) is 0.675. The number of hydrogen-bond donors (Lipinski definition) is 0. The van der Waals surface area contributed by atoms with E-state index in [1.165, 1.54) is 0 Å². The smallest absolute Gasteiger partial charge is 0.315 e. The third-order valence-electron chi connectivity index (χ3n) is 5.20. The van der Waals surface area contributed by atoms with Crippen molar-refractivity contribution in [1.82, 2.24) is 0 Å². The third-order valence-corrected chi connectivity index (χ3v) is 5.89. The Morgan fingerprint density at radius 1 is 1.30 bits per heavy atom. The van der Waals surface area contributed by atoms with Crippen LogP contribution in [0.2, 0.25) is 0 Å². The zero-order valence-electron chi connectivity index (χ0n) is 15.2. The normalized spacial score (nSPS) is 23.8. The summed E-state index contributed by atoms with van der Waals surface area (Å²) in [6, 6.07) is 3.68. The van der Waals surface area contributed by atoms with Crippen molar-refractivity contribution < 1.29 is 23.8 Å². The number of carbonyl (C=O) groups excluding carboxylic acids is 2. The summed E-state index contributed by atoms with van der Waals surface area (Å²) >= 11 is 3.60. The summed E-state index contributed by atoms with van der Waals surface area (Å²) in [5, 5.41) is 0. The number of hydrogen-bond acceptors (Lipinski definition) is 6. The zero-order valence-corrected chi connectivity index (χ0v) is 16.8. The molecule has 0 radical (unpaired) electrons. The van der Waals surface area contributed by atoms with E-state index in [-0.39, 0.29) is 25.2 Å². The van der Waals surface area contributed by atoms with E-state index >= 15 is 0 Å². The van der Waals surface area contributed by atoms with Crippen molar-refractivity contribution in [2.75, 3.05) is 13.4 Å². The van der Waals surface area contributed by atoms with Gasteiger partial charge in [0.15, 0.2) is 17.3 Å². The summed E-state index contributed by atoms with van der Waals surface area (Å²) in [5.41, 5.74) is 2.91. The maximum Gasteiger partial charge on any atom is 0.315 e. The van der Waals surface area contributed by atoms with E-state index in [9.17, 15) is 9.59 Å². The molecule has 0 saturated heterocycles. The number of carbonyl (C=O) groups is 2. The molecular formula is C20H20BrNO5. The number of benzene rings is 1. The van der Waals surface area contributed by atoms with Crippen molar-refractivity contribution in [1.29, 1.82) is 0 Å². The number of allylic oxidation sites excluding steroid dienone is 2. The average Bonchev–Trinajstić information content (AvgIpc) is 3.07. The summed E-state index contributed by atoms with van der Waals surface area (Å²) < 4.78 is 17.1. The van der Waals surface area contributed by atoms with Crippen LogP contribution in [0.15, 0.2) is 32.9 Å². The highest BCUT2D eigenvalue weighted by atomic mass is 79.9. The van der Waals surface area contributed by atoms with E-state index in [4.69, 9.17) is 14.2 Å². The van der Waals surface area contributed by atoms with Crippen LogP contribution in [-0.2, 0) is 14.3 Å². The molecule has 0 amide bonds. The second-order valence-corrected chi connectivity index (χ2v) is 7.68. The maximum atomic E-state index is 12.8. The largest absolute Gasteiger partial charge is 0.465 e. The van der Waals surface area contributed by atoms with Gasteiger partial charge in [-0.05, 0) is 44.4 Å². The molecule has 1 aliphatic carbocycles. The first-order valence-corrected chi connectivity index (χ1v) is 9.87. The van der Waals surface area contributed by atoms with Crippen LogP contribution in [-0.4, -0.2) is 30.9 Å². The van der Waals surface area contributed by atoms with Crippen LogP contribution < -0.4 is 9.47 Å². The van der Waals surface area contributed by atoms with Gasteiger partial charge in [0.2, 0.25) is 6.79 Å². The fourth-order valence-corrected chi connectivity index (χ4v) is 4.62. The second kappa shape index (κ2) is 7.11. The fraction of sp³-hybridized carbons (Fsp3) is 0.450. The van der Waals surface area contributed by atoms with Gasteiger partial charge in [-0.25, -0.2) is 0 Å². The number of Topliss-reactive ketones (excluding diaryl/α,β-unsaturated/α-hetero) is 1. The monoisotopic (exact) mass is 433 g/mol. The molecule has 6 nitrogen and oxygen atoms in total. The van der Waals surface area contributed by atoms with E-state index in [1.807, 2.05) is 19.1 Å². The van der Waals surface area contributed by atoms with Crippen molar-refractivity contribution in [3.63, 3.8) is 0 Å². The van der Waals surface area contributed by atoms with Crippen molar-refractivity contribution in [2.24, 2.45) is 10.9 Å². The first-order valence-electron chi connectivity index (χ1n) is 9.08. The molecule has 4 rings (SSSR count). The number of ketones is 1. The molecule has 3 aliphatic rings. The number of esters is 1. The van der Waals surface area contributed by atoms with Gasteiger partial charge >= 0.3 is 5.97 Å². The molecule has 2 heterocycles. The van der Waals surface area contributed by atoms with Crippen LogP contribution in [0.4, 0.5) is 0 Å². The molecule has 142 valence electrons. The van der Waals surface area contributed by atoms with E-state index in [2.05, 4.69) is 20.9 Å². The van der Waals surface area contributed by atoms with Crippen molar-refractivity contribution >= 4 is 33.4 Å². The Labute approximate surface area is 165 Å². The van der Waals surface area contributed by atoms with Crippen LogP contribution in [0.5, 0.6) is 11.5 Å². The van der Waals surface area contributed by atoms with Crippen molar-refractivity contribution in [2.45, 2.75) is 39.0 Å². The van der Waals surface area contributed by atoms with Gasteiger partial charge in [0.05, 0.1) is 6.61 Å². The van der Waals surface area contributed by atoms with Gasteiger partial charge < -0.3 is 14.2 Å². The van der Waals surface area contributed by atoms with Gasteiger partial charge in [0, 0.05) is 33.8 Å². The maximum absolute atomic E-state index is 12.8. The Morgan fingerprint density at radius 2 is 2.04 bits per heavy atom. The van der Waals surface area contributed by atoms with Crippen LogP contribution in [0.3, 0.4) is 0 Å². The highest BCUT2D eigenvalue weighted by Gasteiger charge is 2.44. The number of aliphatic imine (C=N–C) groups is 1. The molecule has 27 heavy (non-hydrogen) atoms. The molecule has 0 aromatic heterocycles. The van der Waals surface area contributed by atoms with E-state index in [0.29, 0.717) is 29.2 Å². The summed E-state index contributed by atoms with van der Waals surface area (Å²) in [7, 11) is 0. The molecule has 0 N–H and O–H groups in total. The third kappa shape index (κ3) is 3.08. The van der Waals surface area contributed by atoms with Gasteiger partial charge in [0.1, 0.15) is 5.92 Å². The predicted octanol–water partition coefficient (Wildman–Crippen LogP) is 3.92. The molecule has 0 spiro atoms. The zero-order chi connectivity index (χ0) is 19.1. The van der Waals surface area contributed by atoms with Crippen LogP contribution in [0.1, 0.15) is 44.6 Å². The van der Waals surface area contributed by atoms with Gasteiger partial charge in [0.25, 0.3) is 0 Å². The summed E-state index contributed by atoms with van der Waals surface area (Å²) in [5.74, 6) is -0.143. The van der Waals surface area contributed by atoms with Gasteiger partial charge in [-0.15, -0.1) is 0 Å². The lowest BCUT2D eigenvalue weighted by Gasteiger charge is -2.34. The molecule has 1 aromatic carbocycles. The van der Waals surface area contributed by atoms with Gasteiger partial charge in [-0.3, -0.25) is 14.6 Å². The average molecular weight is 434 g/mol. The van der Waals surface area contributed by atoms with Crippen molar-refractivity contribution in [3.05, 3.63) is 33.4 Å². The lowest BCUT2D eigenvalue weighted by Crippen LogP contribution is -2.37. The highest BCUT2D eigenvalue weighted by Crippen LogP contribution is 2.48. The van der Waals surface area contributed by atoms with E-state index in [1.54, 1.807) is 6.92 Å². The standard InChI is InChI=1S/C20H20BrNO5/c1-3-25-20(24)17-10(2)22-13-5-4-6-14(23)19(13)18(17)11-7-15-16(8-12(11)21)27-9-26-15/h7-8,17-18H,3-6,9H2,1-2H3/t17?,18-/m0/s1. The number of nitrogens with zero attached hydrogens (tertiary/aromatic N) is 1. The van der Waals surface area contributed by atoms with E-state index in [0.717, 1.165) is 28.6 Å². The number of rotatable bonds is 3.